The third-order valence-electron chi connectivity index (χ3n) is 4.70. The molecule has 0 bridgehead atoms. The first kappa shape index (κ1) is 20.5. The SMILES string of the molecule is O=S(=O)(c1cccc(Cl)c1)N1CCN(Cc2nnc(-c3ccccc3Br)o2)CC1. The van der Waals surface area contributed by atoms with E-state index in [4.69, 9.17) is 16.0 Å². The van der Waals surface area contributed by atoms with E-state index in [0.29, 0.717) is 49.5 Å². The Balaban J connectivity index is 1.39. The van der Waals surface area contributed by atoms with Gasteiger partial charge in [0, 0.05) is 35.7 Å². The molecule has 2 heterocycles. The highest BCUT2D eigenvalue weighted by molar-refractivity contribution is 9.10. The van der Waals surface area contributed by atoms with E-state index in [-0.39, 0.29) is 4.90 Å². The molecule has 0 aliphatic carbocycles. The zero-order valence-corrected chi connectivity index (χ0v) is 18.5. The molecule has 152 valence electrons. The molecule has 3 aromatic rings. The van der Waals surface area contributed by atoms with Gasteiger partial charge in [0.05, 0.1) is 17.0 Å². The highest BCUT2D eigenvalue weighted by Crippen LogP contribution is 2.27. The van der Waals surface area contributed by atoms with Crippen LogP contribution in [-0.4, -0.2) is 54.0 Å². The van der Waals surface area contributed by atoms with Crippen LogP contribution in [0.4, 0.5) is 0 Å². The van der Waals surface area contributed by atoms with Crippen LogP contribution in [0, 0.1) is 0 Å². The van der Waals surface area contributed by atoms with Crippen molar-refractivity contribution < 1.29 is 12.8 Å². The van der Waals surface area contributed by atoms with Gasteiger partial charge in [0.2, 0.25) is 21.8 Å². The lowest BCUT2D eigenvalue weighted by Crippen LogP contribution is -2.48. The van der Waals surface area contributed by atoms with Gasteiger partial charge in [-0.05, 0) is 46.3 Å². The summed E-state index contributed by atoms with van der Waals surface area (Å²) >= 11 is 9.42. The molecule has 7 nitrogen and oxygen atoms in total. The molecule has 0 amide bonds. The van der Waals surface area contributed by atoms with Gasteiger partial charge in [0.15, 0.2) is 0 Å². The lowest BCUT2D eigenvalue weighted by molar-refractivity contribution is 0.168. The molecule has 0 spiro atoms. The van der Waals surface area contributed by atoms with Crippen LogP contribution in [0.3, 0.4) is 0 Å². The van der Waals surface area contributed by atoms with Crippen molar-refractivity contribution in [3.63, 3.8) is 0 Å². The molecule has 4 rings (SSSR count). The lowest BCUT2D eigenvalue weighted by Gasteiger charge is -2.33. The van der Waals surface area contributed by atoms with Gasteiger partial charge in [-0.15, -0.1) is 10.2 Å². The minimum Gasteiger partial charge on any atom is -0.419 e. The number of aromatic nitrogens is 2. The van der Waals surface area contributed by atoms with Gasteiger partial charge in [0.1, 0.15) is 0 Å². The smallest absolute Gasteiger partial charge is 0.248 e. The number of halogens is 2. The maximum atomic E-state index is 12.8. The Hall–Kier alpha value is -1.78. The monoisotopic (exact) mass is 496 g/mol. The summed E-state index contributed by atoms with van der Waals surface area (Å²) in [6.07, 6.45) is 0. The molecule has 0 saturated carbocycles. The summed E-state index contributed by atoms with van der Waals surface area (Å²) in [6.45, 7) is 2.40. The summed E-state index contributed by atoms with van der Waals surface area (Å²) < 4.78 is 33.8. The Morgan fingerprint density at radius 2 is 1.79 bits per heavy atom. The molecule has 1 aliphatic rings. The molecule has 0 N–H and O–H groups in total. The fourth-order valence-corrected chi connectivity index (χ4v) is 5.33. The fraction of sp³-hybridized carbons (Fsp3) is 0.263. The number of nitrogens with zero attached hydrogens (tertiary/aromatic N) is 4. The van der Waals surface area contributed by atoms with Crippen LogP contribution in [0.5, 0.6) is 0 Å². The molecular formula is C19H18BrClN4O3S. The number of hydrogen-bond acceptors (Lipinski definition) is 6. The molecule has 10 heteroatoms. The summed E-state index contributed by atoms with van der Waals surface area (Å²) in [6, 6.07) is 14.0. The average Bonchev–Trinajstić information content (AvgIpc) is 3.17. The summed E-state index contributed by atoms with van der Waals surface area (Å²) in [4.78, 5) is 2.31. The van der Waals surface area contributed by atoms with Crippen LogP contribution < -0.4 is 0 Å². The molecule has 1 aromatic heterocycles. The lowest BCUT2D eigenvalue weighted by atomic mass is 10.2. The number of hydrogen-bond donors (Lipinski definition) is 0. The van der Waals surface area contributed by atoms with Crippen LogP contribution in [0.2, 0.25) is 5.02 Å². The summed E-state index contributed by atoms with van der Waals surface area (Å²) in [5, 5.41) is 8.65. The van der Waals surface area contributed by atoms with E-state index in [0.717, 1.165) is 10.0 Å². The van der Waals surface area contributed by atoms with E-state index in [1.807, 2.05) is 24.3 Å². The zero-order chi connectivity index (χ0) is 20.4. The topological polar surface area (TPSA) is 79.5 Å². The van der Waals surface area contributed by atoms with Crippen LogP contribution in [0.15, 0.2) is 62.3 Å². The normalized spacial score (nSPS) is 16.2. The van der Waals surface area contributed by atoms with Gasteiger partial charge >= 0.3 is 0 Å². The van der Waals surface area contributed by atoms with Crippen LogP contribution in [0.25, 0.3) is 11.5 Å². The van der Waals surface area contributed by atoms with Crippen molar-refractivity contribution in [2.24, 2.45) is 0 Å². The van der Waals surface area contributed by atoms with E-state index in [1.165, 1.54) is 10.4 Å². The van der Waals surface area contributed by atoms with Crippen molar-refractivity contribution in [2.75, 3.05) is 26.2 Å². The maximum absolute atomic E-state index is 12.8. The molecule has 2 aromatic carbocycles. The van der Waals surface area contributed by atoms with Crippen LogP contribution in [-0.2, 0) is 16.6 Å². The Morgan fingerprint density at radius 1 is 1.03 bits per heavy atom. The van der Waals surface area contributed by atoms with Crippen LogP contribution >= 0.6 is 27.5 Å². The second kappa shape index (κ2) is 8.53. The van der Waals surface area contributed by atoms with Gasteiger partial charge in [-0.2, -0.15) is 4.31 Å². The first-order valence-electron chi connectivity index (χ1n) is 8.99. The molecule has 0 unspecified atom stereocenters. The van der Waals surface area contributed by atoms with Crippen molar-refractivity contribution in [1.29, 1.82) is 0 Å². The van der Waals surface area contributed by atoms with Gasteiger partial charge in [-0.1, -0.05) is 29.8 Å². The van der Waals surface area contributed by atoms with E-state index < -0.39 is 10.0 Å². The van der Waals surface area contributed by atoms with Crippen molar-refractivity contribution in [1.82, 2.24) is 19.4 Å². The maximum Gasteiger partial charge on any atom is 0.248 e. The van der Waals surface area contributed by atoms with Gasteiger partial charge in [-0.25, -0.2) is 8.42 Å². The van der Waals surface area contributed by atoms with Gasteiger partial charge < -0.3 is 4.42 Å². The minimum atomic E-state index is -3.55. The number of piperazine rings is 1. The Kier molecular flexibility index (Phi) is 6.03. The third kappa shape index (κ3) is 4.54. The largest absolute Gasteiger partial charge is 0.419 e. The second-order valence-electron chi connectivity index (χ2n) is 6.62. The third-order valence-corrected chi connectivity index (χ3v) is 7.52. The summed E-state index contributed by atoms with van der Waals surface area (Å²) in [5.41, 5.74) is 0.837. The first-order valence-corrected chi connectivity index (χ1v) is 11.6. The minimum absolute atomic E-state index is 0.216. The van der Waals surface area contributed by atoms with Crippen LogP contribution in [0.1, 0.15) is 5.89 Å². The van der Waals surface area contributed by atoms with Crippen molar-refractivity contribution >= 4 is 37.6 Å². The standard InChI is InChI=1S/C19H18BrClN4O3S/c20-17-7-2-1-6-16(17)19-23-22-18(28-19)13-24-8-10-25(11-9-24)29(26,27)15-5-3-4-14(21)12-15/h1-7,12H,8-11,13H2. The first-order chi connectivity index (χ1) is 13.9. The highest BCUT2D eigenvalue weighted by Gasteiger charge is 2.29. The number of sulfonamides is 1. The molecule has 1 saturated heterocycles. The average molecular weight is 498 g/mol. The Labute approximate surface area is 182 Å². The molecule has 1 fully saturated rings. The highest BCUT2D eigenvalue weighted by atomic mass is 79.9. The van der Waals surface area contributed by atoms with Gasteiger partial charge in [0.25, 0.3) is 0 Å². The Morgan fingerprint density at radius 3 is 2.52 bits per heavy atom. The molecule has 0 radical (unpaired) electrons. The molecule has 0 atom stereocenters. The van der Waals surface area contributed by atoms with E-state index in [9.17, 15) is 8.42 Å². The second-order valence-corrected chi connectivity index (χ2v) is 9.85. The fourth-order valence-electron chi connectivity index (χ4n) is 3.16. The molecule has 29 heavy (non-hydrogen) atoms. The zero-order valence-electron chi connectivity index (χ0n) is 15.3. The van der Waals surface area contributed by atoms with E-state index >= 15 is 0 Å². The predicted octanol–water partition coefficient (Wildman–Crippen LogP) is 3.66. The summed E-state index contributed by atoms with van der Waals surface area (Å²) in [7, 11) is -3.55. The van der Waals surface area contributed by atoms with E-state index in [2.05, 4.69) is 31.0 Å². The van der Waals surface area contributed by atoms with E-state index in [1.54, 1.807) is 18.2 Å². The Bertz CT molecular complexity index is 1110. The number of benzene rings is 2. The predicted molar refractivity (Wildman–Crippen MR) is 113 cm³/mol. The van der Waals surface area contributed by atoms with Crippen molar-refractivity contribution in [3.05, 3.63) is 63.9 Å². The van der Waals surface area contributed by atoms with Gasteiger partial charge in [-0.3, -0.25) is 4.90 Å². The van der Waals surface area contributed by atoms with Crippen molar-refractivity contribution in [2.45, 2.75) is 11.4 Å². The molecule has 1 aliphatic heterocycles. The molecular weight excluding hydrogens is 480 g/mol. The summed E-state index contributed by atoms with van der Waals surface area (Å²) in [5.74, 6) is 0.955. The number of rotatable bonds is 5. The quantitative estimate of drug-likeness (QED) is 0.535. The van der Waals surface area contributed by atoms with Crippen molar-refractivity contribution in [3.8, 4) is 11.5 Å².